The summed E-state index contributed by atoms with van der Waals surface area (Å²) >= 11 is 0. The van der Waals surface area contributed by atoms with E-state index >= 15 is 0 Å². The number of pyridine rings is 1. The summed E-state index contributed by atoms with van der Waals surface area (Å²) in [6.07, 6.45) is 4.94. The van der Waals surface area contributed by atoms with Gasteiger partial charge >= 0.3 is 5.97 Å². The number of aryl methyl sites for hydroxylation is 1. The van der Waals surface area contributed by atoms with E-state index in [-0.39, 0.29) is 5.56 Å². The molecule has 3 rings (SSSR count). The van der Waals surface area contributed by atoms with Gasteiger partial charge in [-0.3, -0.25) is 0 Å². The topological polar surface area (TPSA) is 68.0 Å². The highest BCUT2D eigenvalue weighted by Gasteiger charge is 2.26. The molecule has 0 unspecified atom stereocenters. The summed E-state index contributed by atoms with van der Waals surface area (Å²) in [4.78, 5) is 15.6. The molecule has 0 amide bonds. The molecule has 1 N–H and O–H groups in total. The first-order chi connectivity index (χ1) is 9.17. The standard InChI is InChI=1S/C14H15N3O2/c1-2-11-7-10(14(18)19)8-13(15-11)17-6-5-12(16-17)9-3-4-9/h5-9H,2-4H2,1H3,(H,18,19). The minimum Gasteiger partial charge on any atom is -0.478 e. The predicted octanol–water partition coefficient (Wildman–Crippen LogP) is 2.41. The molecular weight excluding hydrogens is 242 g/mol. The van der Waals surface area contributed by atoms with Crippen LogP contribution < -0.4 is 0 Å². The van der Waals surface area contributed by atoms with E-state index in [2.05, 4.69) is 10.1 Å². The Bertz CT molecular complexity index is 629. The number of carboxylic acids is 1. The van der Waals surface area contributed by atoms with Gasteiger partial charge in [-0.1, -0.05) is 6.92 Å². The number of aromatic carboxylic acids is 1. The van der Waals surface area contributed by atoms with Crippen molar-refractivity contribution >= 4 is 5.97 Å². The van der Waals surface area contributed by atoms with Crippen molar-refractivity contribution < 1.29 is 9.90 Å². The zero-order valence-corrected chi connectivity index (χ0v) is 10.7. The Kier molecular flexibility index (Phi) is 2.81. The lowest BCUT2D eigenvalue weighted by Gasteiger charge is -2.05. The quantitative estimate of drug-likeness (QED) is 0.913. The summed E-state index contributed by atoms with van der Waals surface area (Å²) in [5.74, 6) is 0.214. The minimum atomic E-state index is -0.937. The molecule has 5 heteroatoms. The van der Waals surface area contributed by atoms with Crippen LogP contribution in [-0.2, 0) is 6.42 Å². The Hall–Kier alpha value is -2.17. The largest absolute Gasteiger partial charge is 0.478 e. The van der Waals surface area contributed by atoms with Crippen LogP contribution in [-0.4, -0.2) is 25.8 Å². The van der Waals surface area contributed by atoms with Gasteiger partial charge in [0.05, 0.1) is 11.3 Å². The minimum absolute atomic E-state index is 0.255. The highest BCUT2D eigenvalue weighted by atomic mass is 16.4. The van der Waals surface area contributed by atoms with Crippen molar-refractivity contribution in [3.8, 4) is 5.82 Å². The molecule has 0 radical (unpaired) electrons. The number of aromatic nitrogens is 3. The zero-order chi connectivity index (χ0) is 13.4. The molecule has 0 aromatic carbocycles. The second-order valence-corrected chi connectivity index (χ2v) is 4.82. The van der Waals surface area contributed by atoms with E-state index in [1.807, 2.05) is 19.2 Å². The number of carbonyl (C=O) groups is 1. The molecule has 2 aromatic heterocycles. The van der Waals surface area contributed by atoms with Crippen LogP contribution in [0.1, 0.15) is 47.4 Å². The molecule has 2 aromatic rings. The highest BCUT2D eigenvalue weighted by molar-refractivity contribution is 5.88. The number of hydrogen-bond donors (Lipinski definition) is 1. The Morgan fingerprint density at radius 1 is 1.47 bits per heavy atom. The third kappa shape index (κ3) is 2.36. The molecule has 1 aliphatic rings. The first-order valence-electron chi connectivity index (χ1n) is 6.47. The van der Waals surface area contributed by atoms with Crippen molar-refractivity contribution in [2.45, 2.75) is 32.1 Å². The molecule has 0 spiro atoms. The van der Waals surface area contributed by atoms with Crippen molar-refractivity contribution in [1.29, 1.82) is 0 Å². The molecule has 0 atom stereocenters. The fourth-order valence-corrected chi connectivity index (χ4v) is 2.06. The predicted molar refractivity (Wildman–Crippen MR) is 69.7 cm³/mol. The third-order valence-electron chi connectivity index (χ3n) is 3.31. The van der Waals surface area contributed by atoms with E-state index < -0.39 is 5.97 Å². The molecule has 1 fully saturated rings. The molecule has 98 valence electrons. The Morgan fingerprint density at radius 2 is 2.26 bits per heavy atom. The number of rotatable bonds is 4. The highest BCUT2D eigenvalue weighted by Crippen LogP contribution is 2.38. The first-order valence-corrected chi connectivity index (χ1v) is 6.47. The fraction of sp³-hybridized carbons (Fsp3) is 0.357. The van der Waals surface area contributed by atoms with Gasteiger partial charge < -0.3 is 5.11 Å². The van der Waals surface area contributed by atoms with Crippen LogP contribution in [0.3, 0.4) is 0 Å². The zero-order valence-electron chi connectivity index (χ0n) is 10.7. The molecule has 19 heavy (non-hydrogen) atoms. The number of nitrogens with zero attached hydrogens (tertiary/aromatic N) is 3. The van der Waals surface area contributed by atoms with Gasteiger partial charge in [0.15, 0.2) is 5.82 Å². The van der Waals surface area contributed by atoms with Crippen LogP contribution in [0.15, 0.2) is 24.4 Å². The summed E-state index contributed by atoms with van der Waals surface area (Å²) in [5, 5.41) is 13.6. The Labute approximate surface area is 110 Å². The molecule has 0 bridgehead atoms. The van der Waals surface area contributed by atoms with Gasteiger partial charge in [-0.2, -0.15) is 5.10 Å². The van der Waals surface area contributed by atoms with Crippen molar-refractivity contribution in [2.75, 3.05) is 0 Å². The van der Waals surface area contributed by atoms with Gasteiger partial charge in [0.2, 0.25) is 0 Å². The first kappa shape index (κ1) is 11.9. The van der Waals surface area contributed by atoms with E-state index in [4.69, 9.17) is 5.11 Å². The lowest BCUT2D eigenvalue weighted by Crippen LogP contribution is -2.06. The number of hydrogen-bond acceptors (Lipinski definition) is 3. The summed E-state index contributed by atoms with van der Waals surface area (Å²) < 4.78 is 1.67. The van der Waals surface area contributed by atoms with Crippen molar-refractivity contribution in [3.05, 3.63) is 41.3 Å². The molecule has 2 heterocycles. The maximum Gasteiger partial charge on any atom is 0.335 e. The van der Waals surface area contributed by atoms with Crippen LogP contribution in [0, 0.1) is 0 Å². The molecule has 1 saturated carbocycles. The van der Waals surface area contributed by atoms with Crippen molar-refractivity contribution in [2.24, 2.45) is 0 Å². The second kappa shape index (κ2) is 4.50. The van der Waals surface area contributed by atoms with Crippen LogP contribution >= 0.6 is 0 Å². The van der Waals surface area contributed by atoms with E-state index in [1.54, 1.807) is 16.8 Å². The summed E-state index contributed by atoms with van der Waals surface area (Å²) in [6, 6.07) is 5.15. The van der Waals surface area contributed by atoms with Crippen molar-refractivity contribution in [1.82, 2.24) is 14.8 Å². The lowest BCUT2D eigenvalue weighted by atomic mass is 10.2. The Balaban J connectivity index is 2.01. The summed E-state index contributed by atoms with van der Waals surface area (Å²) in [7, 11) is 0. The third-order valence-corrected chi connectivity index (χ3v) is 3.31. The van der Waals surface area contributed by atoms with Gasteiger partial charge in [0.1, 0.15) is 0 Å². The van der Waals surface area contributed by atoms with Crippen LogP contribution in [0.5, 0.6) is 0 Å². The fourth-order valence-electron chi connectivity index (χ4n) is 2.06. The van der Waals surface area contributed by atoms with Gasteiger partial charge in [-0.15, -0.1) is 0 Å². The van der Waals surface area contributed by atoms with E-state index in [0.29, 0.717) is 18.2 Å². The van der Waals surface area contributed by atoms with Crippen LogP contribution in [0.25, 0.3) is 5.82 Å². The SMILES string of the molecule is CCc1cc(C(=O)O)cc(-n2ccc(C3CC3)n2)n1. The molecule has 1 aliphatic carbocycles. The molecule has 0 aliphatic heterocycles. The van der Waals surface area contributed by atoms with E-state index in [9.17, 15) is 4.79 Å². The second-order valence-electron chi connectivity index (χ2n) is 4.82. The lowest BCUT2D eigenvalue weighted by molar-refractivity contribution is 0.0696. The maximum absolute atomic E-state index is 11.1. The summed E-state index contributed by atoms with van der Waals surface area (Å²) in [5.41, 5.74) is 2.09. The van der Waals surface area contributed by atoms with Crippen LogP contribution in [0.2, 0.25) is 0 Å². The summed E-state index contributed by atoms with van der Waals surface area (Å²) in [6.45, 7) is 1.95. The van der Waals surface area contributed by atoms with Crippen molar-refractivity contribution in [3.63, 3.8) is 0 Å². The van der Waals surface area contributed by atoms with Crippen LogP contribution in [0.4, 0.5) is 0 Å². The number of carboxylic acid groups (broad SMARTS) is 1. The normalized spacial score (nSPS) is 14.6. The van der Waals surface area contributed by atoms with Gasteiger partial charge in [0, 0.05) is 17.8 Å². The molecule has 5 nitrogen and oxygen atoms in total. The Morgan fingerprint density at radius 3 is 2.89 bits per heavy atom. The monoisotopic (exact) mass is 257 g/mol. The van der Waals surface area contributed by atoms with Gasteiger partial charge in [0.25, 0.3) is 0 Å². The molecular formula is C14H15N3O2. The van der Waals surface area contributed by atoms with Gasteiger partial charge in [-0.25, -0.2) is 14.5 Å². The maximum atomic E-state index is 11.1. The average Bonchev–Trinajstić information content (AvgIpc) is 3.15. The molecule has 0 saturated heterocycles. The smallest absolute Gasteiger partial charge is 0.335 e. The average molecular weight is 257 g/mol. The van der Waals surface area contributed by atoms with E-state index in [1.165, 1.54) is 12.8 Å². The van der Waals surface area contributed by atoms with Gasteiger partial charge in [-0.05, 0) is 37.5 Å². The van der Waals surface area contributed by atoms with E-state index in [0.717, 1.165) is 11.4 Å².